The third-order valence-corrected chi connectivity index (χ3v) is 4.69. The Balaban J connectivity index is 1.60. The van der Waals surface area contributed by atoms with Crippen LogP contribution in [-0.2, 0) is 7.05 Å². The van der Waals surface area contributed by atoms with Gasteiger partial charge in [0.25, 0.3) is 0 Å². The molecule has 3 aromatic rings. The first-order valence-electron chi connectivity index (χ1n) is 8.71. The number of fused-ring (bicyclic) bond motifs is 1. The number of nitrogens with zero attached hydrogens (tertiary/aromatic N) is 5. The van der Waals surface area contributed by atoms with Crippen LogP contribution in [0.2, 0.25) is 0 Å². The first-order chi connectivity index (χ1) is 12.2. The van der Waals surface area contributed by atoms with Crippen molar-refractivity contribution < 1.29 is 0 Å². The van der Waals surface area contributed by atoms with E-state index in [0.717, 1.165) is 35.5 Å². The standard InChI is InChI=1S/C18H23N7/c1-24-16-14(11-21-24)17(25-9-5-6-10-25)23-18(22-16)20-12-15(19)13-7-3-2-4-8-13/h2-4,7-8,11,15H,5-6,9-10,12,19H2,1H3,(H,20,22,23). The lowest BCUT2D eigenvalue weighted by atomic mass is 10.1. The van der Waals surface area contributed by atoms with Crippen LogP contribution in [0.25, 0.3) is 11.0 Å². The van der Waals surface area contributed by atoms with Crippen LogP contribution >= 0.6 is 0 Å². The molecule has 1 aliphatic rings. The average Bonchev–Trinajstić information content (AvgIpc) is 3.30. The second kappa shape index (κ2) is 6.68. The Kier molecular flexibility index (Phi) is 4.23. The van der Waals surface area contributed by atoms with E-state index in [1.165, 1.54) is 12.8 Å². The first kappa shape index (κ1) is 15.8. The normalized spacial score (nSPS) is 15.7. The summed E-state index contributed by atoms with van der Waals surface area (Å²) >= 11 is 0. The number of aryl methyl sites for hydroxylation is 1. The molecule has 130 valence electrons. The fraction of sp³-hybridized carbons (Fsp3) is 0.389. The van der Waals surface area contributed by atoms with E-state index < -0.39 is 0 Å². The molecule has 1 saturated heterocycles. The minimum atomic E-state index is -0.109. The van der Waals surface area contributed by atoms with Crippen LogP contribution in [-0.4, -0.2) is 39.4 Å². The number of hydrogen-bond donors (Lipinski definition) is 2. The lowest BCUT2D eigenvalue weighted by molar-refractivity contribution is 0.755. The maximum absolute atomic E-state index is 6.28. The van der Waals surface area contributed by atoms with E-state index in [1.807, 2.05) is 43.6 Å². The van der Waals surface area contributed by atoms with Crippen molar-refractivity contribution in [2.45, 2.75) is 18.9 Å². The molecular weight excluding hydrogens is 314 g/mol. The third-order valence-electron chi connectivity index (χ3n) is 4.69. The van der Waals surface area contributed by atoms with Crippen LogP contribution in [0.3, 0.4) is 0 Å². The maximum atomic E-state index is 6.28. The number of nitrogens with two attached hydrogens (primary N) is 1. The van der Waals surface area contributed by atoms with Gasteiger partial charge in [-0.3, -0.25) is 4.68 Å². The van der Waals surface area contributed by atoms with E-state index in [0.29, 0.717) is 12.5 Å². The summed E-state index contributed by atoms with van der Waals surface area (Å²) in [6.45, 7) is 2.64. The van der Waals surface area contributed by atoms with Gasteiger partial charge in [0, 0.05) is 32.7 Å². The molecule has 0 spiro atoms. The van der Waals surface area contributed by atoms with Gasteiger partial charge in [0.1, 0.15) is 5.82 Å². The van der Waals surface area contributed by atoms with Gasteiger partial charge in [0.2, 0.25) is 5.95 Å². The van der Waals surface area contributed by atoms with Gasteiger partial charge in [-0.05, 0) is 18.4 Å². The zero-order chi connectivity index (χ0) is 17.2. The molecule has 2 aromatic heterocycles. The fourth-order valence-electron chi connectivity index (χ4n) is 3.28. The van der Waals surface area contributed by atoms with E-state index >= 15 is 0 Å². The lowest BCUT2D eigenvalue weighted by Crippen LogP contribution is -2.23. The molecule has 0 amide bonds. The van der Waals surface area contributed by atoms with Crippen molar-refractivity contribution in [3.63, 3.8) is 0 Å². The summed E-state index contributed by atoms with van der Waals surface area (Å²) in [7, 11) is 1.91. The van der Waals surface area contributed by atoms with Crippen molar-refractivity contribution >= 4 is 22.8 Å². The lowest BCUT2D eigenvalue weighted by Gasteiger charge is -2.19. The quantitative estimate of drug-likeness (QED) is 0.741. The fourth-order valence-corrected chi connectivity index (χ4v) is 3.28. The molecule has 3 N–H and O–H groups in total. The summed E-state index contributed by atoms with van der Waals surface area (Å²) in [5, 5.41) is 8.65. The van der Waals surface area contributed by atoms with Crippen LogP contribution in [0, 0.1) is 0 Å². The van der Waals surface area contributed by atoms with Crippen molar-refractivity contribution in [3.05, 3.63) is 42.1 Å². The zero-order valence-electron chi connectivity index (χ0n) is 14.4. The average molecular weight is 337 g/mol. The Morgan fingerprint density at radius 2 is 1.92 bits per heavy atom. The van der Waals surface area contributed by atoms with Gasteiger partial charge in [-0.1, -0.05) is 30.3 Å². The molecule has 1 unspecified atom stereocenters. The maximum Gasteiger partial charge on any atom is 0.226 e. The van der Waals surface area contributed by atoms with E-state index in [-0.39, 0.29) is 6.04 Å². The van der Waals surface area contributed by atoms with Gasteiger partial charge in [0.15, 0.2) is 5.65 Å². The number of benzene rings is 1. The molecule has 4 rings (SSSR count). The molecule has 1 fully saturated rings. The van der Waals surface area contributed by atoms with Crippen LogP contribution < -0.4 is 16.0 Å². The van der Waals surface area contributed by atoms with Crippen molar-refractivity contribution in [2.24, 2.45) is 12.8 Å². The molecule has 1 atom stereocenters. The molecule has 7 nitrogen and oxygen atoms in total. The highest BCUT2D eigenvalue weighted by atomic mass is 15.3. The molecule has 0 saturated carbocycles. The van der Waals surface area contributed by atoms with Gasteiger partial charge in [-0.15, -0.1) is 0 Å². The van der Waals surface area contributed by atoms with Gasteiger partial charge >= 0.3 is 0 Å². The van der Waals surface area contributed by atoms with E-state index in [1.54, 1.807) is 4.68 Å². The van der Waals surface area contributed by atoms with Gasteiger partial charge in [-0.2, -0.15) is 15.1 Å². The summed E-state index contributed by atoms with van der Waals surface area (Å²) in [6.07, 6.45) is 4.25. The summed E-state index contributed by atoms with van der Waals surface area (Å²) < 4.78 is 1.79. The van der Waals surface area contributed by atoms with Crippen molar-refractivity contribution in [2.75, 3.05) is 29.9 Å². The highest BCUT2D eigenvalue weighted by molar-refractivity contribution is 5.88. The Hall–Kier alpha value is -2.67. The van der Waals surface area contributed by atoms with Crippen molar-refractivity contribution in [3.8, 4) is 0 Å². The summed E-state index contributed by atoms with van der Waals surface area (Å²) in [5.41, 5.74) is 8.21. The molecular formula is C18H23N7. The van der Waals surface area contributed by atoms with Crippen molar-refractivity contribution in [1.82, 2.24) is 19.7 Å². The third kappa shape index (κ3) is 3.15. The highest BCUT2D eigenvalue weighted by Crippen LogP contribution is 2.27. The Bertz CT molecular complexity index is 852. The minimum Gasteiger partial charge on any atom is -0.356 e. The molecule has 0 aliphatic carbocycles. The van der Waals surface area contributed by atoms with Crippen LogP contribution in [0.15, 0.2) is 36.5 Å². The monoisotopic (exact) mass is 337 g/mol. The van der Waals surface area contributed by atoms with Crippen molar-refractivity contribution in [1.29, 1.82) is 0 Å². The zero-order valence-corrected chi connectivity index (χ0v) is 14.4. The second-order valence-corrected chi connectivity index (χ2v) is 6.47. The number of nitrogens with one attached hydrogen (secondary N) is 1. The summed E-state index contributed by atoms with van der Waals surface area (Å²) in [5.74, 6) is 1.57. The summed E-state index contributed by atoms with van der Waals surface area (Å²) in [6, 6.07) is 9.95. The number of hydrogen-bond acceptors (Lipinski definition) is 6. The molecule has 1 aliphatic heterocycles. The van der Waals surface area contributed by atoms with E-state index in [2.05, 4.69) is 20.3 Å². The molecule has 7 heteroatoms. The second-order valence-electron chi connectivity index (χ2n) is 6.47. The molecule has 3 heterocycles. The number of anilines is 2. The molecule has 1 aromatic carbocycles. The largest absolute Gasteiger partial charge is 0.356 e. The van der Waals surface area contributed by atoms with E-state index in [9.17, 15) is 0 Å². The predicted molar refractivity (Wildman–Crippen MR) is 99.6 cm³/mol. The number of rotatable bonds is 5. The molecule has 0 bridgehead atoms. The predicted octanol–water partition coefficient (Wildman–Crippen LogP) is 2.08. The van der Waals surface area contributed by atoms with E-state index in [4.69, 9.17) is 10.7 Å². The number of aromatic nitrogens is 4. The smallest absolute Gasteiger partial charge is 0.226 e. The van der Waals surface area contributed by atoms with Gasteiger partial charge in [-0.25, -0.2) is 0 Å². The van der Waals surface area contributed by atoms with Crippen LogP contribution in [0.4, 0.5) is 11.8 Å². The SMILES string of the molecule is Cn1ncc2c(N3CCCC3)nc(NCC(N)c3ccccc3)nc21. The van der Waals surface area contributed by atoms with Crippen LogP contribution in [0.1, 0.15) is 24.4 Å². The Labute approximate surface area is 146 Å². The highest BCUT2D eigenvalue weighted by Gasteiger charge is 2.20. The Morgan fingerprint density at radius 1 is 1.16 bits per heavy atom. The topological polar surface area (TPSA) is 84.9 Å². The minimum absolute atomic E-state index is 0.109. The summed E-state index contributed by atoms with van der Waals surface area (Å²) in [4.78, 5) is 11.7. The molecule has 25 heavy (non-hydrogen) atoms. The van der Waals surface area contributed by atoms with Gasteiger partial charge in [0.05, 0.1) is 11.6 Å². The van der Waals surface area contributed by atoms with Crippen LogP contribution in [0.5, 0.6) is 0 Å². The van der Waals surface area contributed by atoms with Gasteiger partial charge < -0.3 is 16.0 Å². The Morgan fingerprint density at radius 3 is 2.68 bits per heavy atom. The molecule has 0 radical (unpaired) electrons. The first-order valence-corrected chi connectivity index (χ1v) is 8.71.